The Labute approximate surface area is 162 Å². The lowest BCUT2D eigenvalue weighted by molar-refractivity contribution is 0.00578. The number of fused-ring (bicyclic) bond motifs is 1. The van der Waals surface area contributed by atoms with E-state index in [0.717, 1.165) is 27.9 Å². The van der Waals surface area contributed by atoms with Crippen molar-refractivity contribution in [1.29, 1.82) is 0 Å². The van der Waals surface area contributed by atoms with Gasteiger partial charge >= 0.3 is 14.0 Å². The maximum absolute atomic E-state index is 6.29. The molecule has 2 aliphatic rings. The highest BCUT2D eigenvalue weighted by atomic mass is 16.7. The molecule has 4 rings (SSSR count). The summed E-state index contributed by atoms with van der Waals surface area (Å²) in [5, 5.41) is 3.66. The zero-order valence-electron chi connectivity index (χ0n) is 16.6. The summed E-state index contributed by atoms with van der Waals surface area (Å²) in [6, 6.07) is 14.4. The van der Waals surface area contributed by atoms with Gasteiger partial charge in [0.1, 0.15) is 5.75 Å². The average molecular weight is 361 g/mol. The number of para-hydroxylation sites is 1. The molecule has 2 aliphatic heterocycles. The Morgan fingerprint density at radius 1 is 0.963 bits per heavy atom. The topological polar surface area (TPSA) is 39.7 Å². The highest BCUT2D eigenvalue weighted by Gasteiger charge is 2.52. The van der Waals surface area contributed by atoms with E-state index in [4.69, 9.17) is 14.0 Å². The second-order valence-electron chi connectivity index (χ2n) is 8.16. The number of anilines is 1. The summed E-state index contributed by atoms with van der Waals surface area (Å²) >= 11 is 0. The lowest BCUT2D eigenvalue weighted by Crippen LogP contribution is -2.44. The van der Waals surface area contributed by atoms with Gasteiger partial charge in [0.15, 0.2) is 0 Å². The van der Waals surface area contributed by atoms with Gasteiger partial charge in [0, 0.05) is 11.2 Å². The summed E-state index contributed by atoms with van der Waals surface area (Å²) in [5.41, 5.74) is 3.66. The van der Waals surface area contributed by atoms with Crippen LogP contribution in [0.25, 0.3) is 6.08 Å². The third kappa shape index (κ3) is 3.17. The van der Waals surface area contributed by atoms with Crippen molar-refractivity contribution in [3.63, 3.8) is 0 Å². The molecule has 27 heavy (non-hydrogen) atoms. The molecule has 0 amide bonds. The van der Waals surface area contributed by atoms with Crippen LogP contribution in [0.5, 0.6) is 5.75 Å². The van der Waals surface area contributed by atoms with Crippen LogP contribution in [0.1, 0.15) is 33.3 Å². The third-order valence-electron chi connectivity index (χ3n) is 5.86. The molecule has 0 unspecified atom stereocenters. The number of hydrogen-bond donors (Lipinski definition) is 1. The van der Waals surface area contributed by atoms with E-state index < -0.39 is 7.12 Å². The molecule has 2 aromatic carbocycles. The van der Waals surface area contributed by atoms with Crippen LogP contribution in [0.4, 0.5) is 5.69 Å². The van der Waals surface area contributed by atoms with Crippen LogP contribution in [-0.2, 0) is 9.31 Å². The van der Waals surface area contributed by atoms with Crippen LogP contribution in [0.2, 0.25) is 0 Å². The fraction of sp³-hybridized carbons (Fsp3) is 0.333. The molecule has 1 N–H and O–H groups in total. The van der Waals surface area contributed by atoms with Crippen LogP contribution in [0.3, 0.4) is 0 Å². The number of methoxy groups -OCH3 is 1. The molecular weight excluding hydrogens is 336 g/mol. The summed E-state index contributed by atoms with van der Waals surface area (Å²) in [4.78, 5) is 0. The van der Waals surface area contributed by atoms with Gasteiger partial charge in [-0.05, 0) is 50.9 Å². The first-order valence-electron chi connectivity index (χ1n) is 9.38. The molecule has 2 aromatic rings. The smallest absolute Gasteiger partial charge is 0.496 e. The van der Waals surface area contributed by atoms with Gasteiger partial charge < -0.3 is 19.3 Å². The van der Waals surface area contributed by atoms with Gasteiger partial charge in [-0.15, -0.1) is 0 Å². The van der Waals surface area contributed by atoms with Gasteiger partial charge in [0.05, 0.1) is 18.3 Å². The minimum Gasteiger partial charge on any atom is -0.497 e. The number of benzene rings is 2. The summed E-state index contributed by atoms with van der Waals surface area (Å²) in [5.74, 6) is 3.03. The highest BCUT2D eigenvalue weighted by molar-refractivity contribution is 6.82. The van der Waals surface area contributed by atoms with Crippen molar-refractivity contribution >= 4 is 36.7 Å². The van der Waals surface area contributed by atoms with E-state index in [-0.39, 0.29) is 18.0 Å². The zero-order valence-corrected chi connectivity index (χ0v) is 16.6. The number of hydrogen-bond acceptors (Lipinski definition) is 4. The van der Waals surface area contributed by atoms with Crippen molar-refractivity contribution in [1.82, 2.24) is 0 Å². The van der Waals surface area contributed by atoms with Crippen molar-refractivity contribution in [3.05, 3.63) is 54.0 Å². The fourth-order valence-electron chi connectivity index (χ4n) is 3.49. The molecule has 1 saturated heterocycles. The quantitative estimate of drug-likeness (QED) is 0.854. The molecule has 0 saturated carbocycles. The monoisotopic (exact) mass is 361 g/mol. The summed E-state index contributed by atoms with van der Waals surface area (Å²) in [6.07, 6.45) is 2.16. The predicted octanol–water partition coefficient (Wildman–Crippen LogP) is 2.87. The summed E-state index contributed by atoms with van der Waals surface area (Å²) < 4.78 is 17.9. The molecule has 6 heteroatoms. The molecule has 0 aliphatic carbocycles. The van der Waals surface area contributed by atoms with E-state index in [1.54, 1.807) is 7.11 Å². The molecule has 138 valence electrons. The lowest BCUT2D eigenvalue weighted by Gasteiger charge is -2.32. The van der Waals surface area contributed by atoms with Crippen LogP contribution in [0.15, 0.2) is 48.4 Å². The van der Waals surface area contributed by atoms with E-state index >= 15 is 0 Å². The van der Waals surface area contributed by atoms with Gasteiger partial charge in [-0.25, -0.2) is 0 Å². The molecule has 4 nitrogen and oxygen atoms in total. The maximum Gasteiger partial charge on any atom is 0.496 e. The first-order chi connectivity index (χ1) is 12.8. The second-order valence-corrected chi connectivity index (χ2v) is 8.16. The highest BCUT2D eigenvalue weighted by Crippen LogP contribution is 2.37. The van der Waals surface area contributed by atoms with Crippen molar-refractivity contribution in [2.45, 2.75) is 38.9 Å². The normalized spacial score (nSPS) is 19.6. The van der Waals surface area contributed by atoms with Gasteiger partial charge in [-0.3, -0.25) is 0 Å². The molecule has 0 radical (unpaired) electrons. The third-order valence-corrected chi connectivity index (χ3v) is 5.86. The predicted molar refractivity (Wildman–Crippen MR) is 113 cm³/mol. The molecule has 0 bridgehead atoms. The molecule has 2 heterocycles. The molecule has 0 spiro atoms. The maximum atomic E-state index is 6.29. The number of ether oxygens (including phenoxy) is 1. The Morgan fingerprint density at radius 2 is 1.67 bits per heavy atom. The standard InChI is InChI=1S/C21H25B2NO3/c1-20(2)21(3,4)27-23(26-20)18-11-6-8-15-12-13-22(24-19(15)18)16-9-7-10-17(14-16)25-5/h6-14,24H,1-5H3. The molecule has 1 fully saturated rings. The Bertz CT molecular complexity index is 879. The van der Waals surface area contributed by atoms with Crippen LogP contribution in [0, 0.1) is 0 Å². The average Bonchev–Trinajstić information content (AvgIpc) is 2.88. The van der Waals surface area contributed by atoms with E-state index in [1.807, 2.05) is 12.1 Å². The summed E-state index contributed by atoms with van der Waals surface area (Å²) in [7, 11) is 1.30. The van der Waals surface area contributed by atoms with Crippen LogP contribution < -0.4 is 20.9 Å². The minimum absolute atomic E-state index is 0.0659. The second kappa shape index (κ2) is 6.47. The van der Waals surface area contributed by atoms with Crippen molar-refractivity contribution in [3.8, 4) is 5.75 Å². The fourth-order valence-corrected chi connectivity index (χ4v) is 3.49. The van der Waals surface area contributed by atoms with Gasteiger partial charge in [0.2, 0.25) is 0 Å². The van der Waals surface area contributed by atoms with Crippen LogP contribution in [-0.4, -0.2) is 32.3 Å². The summed E-state index contributed by atoms with van der Waals surface area (Å²) in [6.45, 7) is 8.38. The van der Waals surface area contributed by atoms with Gasteiger partial charge in [-0.1, -0.05) is 42.4 Å². The SMILES string of the molecule is COc1cccc(B2C=Cc3cccc(B4OC(C)(C)C(C)(C)O4)c3N2)c1. The van der Waals surface area contributed by atoms with Crippen LogP contribution >= 0.6 is 0 Å². The zero-order chi connectivity index (χ0) is 19.2. The molecule has 0 aromatic heterocycles. The Hall–Kier alpha value is -2.17. The van der Waals surface area contributed by atoms with Crippen molar-refractivity contribution < 1.29 is 14.0 Å². The molecular formula is C21H25B2NO3. The van der Waals surface area contributed by atoms with E-state index in [9.17, 15) is 0 Å². The van der Waals surface area contributed by atoms with E-state index in [2.05, 4.69) is 75.3 Å². The minimum atomic E-state index is -0.394. The van der Waals surface area contributed by atoms with Crippen molar-refractivity contribution in [2.75, 3.05) is 12.3 Å². The molecule has 0 atom stereocenters. The number of rotatable bonds is 3. The Balaban J connectivity index is 1.67. The first kappa shape index (κ1) is 18.2. The van der Waals surface area contributed by atoms with Gasteiger partial charge in [0.25, 0.3) is 0 Å². The van der Waals surface area contributed by atoms with E-state index in [1.165, 1.54) is 0 Å². The largest absolute Gasteiger partial charge is 0.497 e. The van der Waals surface area contributed by atoms with Gasteiger partial charge in [-0.2, -0.15) is 0 Å². The van der Waals surface area contributed by atoms with Crippen molar-refractivity contribution in [2.24, 2.45) is 0 Å². The van der Waals surface area contributed by atoms with E-state index in [0.29, 0.717) is 0 Å². The Morgan fingerprint density at radius 3 is 2.37 bits per heavy atom. The number of nitrogens with one attached hydrogen (secondary N) is 1. The Kier molecular flexibility index (Phi) is 4.36. The first-order valence-corrected chi connectivity index (χ1v) is 9.38. The lowest BCUT2D eigenvalue weighted by atomic mass is 9.53.